The first-order valence-electron chi connectivity index (χ1n) is 14.6. The molecule has 3 aromatic rings. The zero-order chi connectivity index (χ0) is 32.5. The van der Waals surface area contributed by atoms with E-state index >= 15 is 0 Å². The molecule has 2 aromatic carbocycles. The van der Waals surface area contributed by atoms with Crippen LogP contribution in [-0.4, -0.2) is 57.5 Å². The van der Waals surface area contributed by atoms with E-state index in [0.717, 1.165) is 5.56 Å². The van der Waals surface area contributed by atoms with Gasteiger partial charge in [-0.05, 0) is 90.1 Å². The number of aliphatic carboxylic acids is 1. The van der Waals surface area contributed by atoms with Gasteiger partial charge in [-0.15, -0.1) is 0 Å². The molecule has 238 valence electrons. The highest BCUT2D eigenvalue weighted by Crippen LogP contribution is 2.28. The highest BCUT2D eigenvalue weighted by atomic mass is 16.6. The minimum absolute atomic E-state index is 0.168. The second-order valence-electron chi connectivity index (χ2n) is 12.5. The SMILES string of the molecule is CC(C)(C)OC(=O)NCCCC[C@H](NC(=O)Cc1cn(C(=O)OC(C)(C)C)c2ccc(OCc3ccccc3)cc12)C(=O)O. The van der Waals surface area contributed by atoms with Gasteiger partial charge in [0.15, 0.2) is 0 Å². The van der Waals surface area contributed by atoms with E-state index in [0.29, 0.717) is 48.2 Å². The van der Waals surface area contributed by atoms with Crippen molar-refractivity contribution >= 4 is 35.0 Å². The van der Waals surface area contributed by atoms with Crippen molar-refractivity contribution < 1.29 is 38.5 Å². The lowest BCUT2D eigenvalue weighted by Crippen LogP contribution is -2.41. The quantitative estimate of drug-likeness (QED) is 0.218. The molecule has 1 heterocycles. The van der Waals surface area contributed by atoms with Crippen molar-refractivity contribution in [1.82, 2.24) is 15.2 Å². The maximum absolute atomic E-state index is 13.1. The van der Waals surface area contributed by atoms with Gasteiger partial charge in [-0.2, -0.15) is 0 Å². The summed E-state index contributed by atoms with van der Waals surface area (Å²) >= 11 is 0. The number of nitrogens with zero attached hydrogens (tertiary/aromatic N) is 1. The summed E-state index contributed by atoms with van der Waals surface area (Å²) < 4.78 is 18.1. The second kappa shape index (κ2) is 14.8. The molecule has 0 aliphatic rings. The first-order valence-corrected chi connectivity index (χ1v) is 14.6. The maximum Gasteiger partial charge on any atom is 0.419 e. The van der Waals surface area contributed by atoms with Crippen LogP contribution in [0.1, 0.15) is 71.9 Å². The first-order chi connectivity index (χ1) is 20.6. The molecule has 1 atom stereocenters. The van der Waals surface area contributed by atoms with E-state index in [1.54, 1.807) is 59.7 Å². The van der Waals surface area contributed by atoms with Gasteiger partial charge in [0, 0.05) is 18.1 Å². The Kier molecular flexibility index (Phi) is 11.4. The van der Waals surface area contributed by atoms with Crippen molar-refractivity contribution in [2.45, 2.75) is 91.1 Å². The van der Waals surface area contributed by atoms with E-state index in [-0.39, 0.29) is 12.8 Å². The van der Waals surface area contributed by atoms with E-state index < -0.39 is 41.3 Å². The predicted octanol–water partition coefficient (Wildman–Crippen LogP) is 5.81. The average molecular weight is 610 g/mol. The molecule has 11 heteroatoms. The molecule has 11 nitrogen and oxygen atoms in total. The molecule has 3 rings (SSSR count). The van der Waals surface area contributed by atoms with Gasteiger partial charge in [-0.25, -0.2) is 14.4 Å². The van der Waals surface area contributed by atoms with Crippen LogP contribution in [0.15, 0.2) is 54.7 Å². The van der Waals surface area contributed by atoms with Crippen molar-refractivity contribution in [2.75, 3.05) is 6.54 Å². The molecule has 0 aliphatic heterocycles. The molecule has 0 unspecified atom stereocenters. The monoisotopic (exact) mass is 609 g/mol. The number of benzene rings is 2. The van der Waals surface area contributed by atoms with Crippen molar-refractivity contribution in [3.8, 4) is 5.75 Å². The Labute approximate surface area is 257 Å². The standard InChI is InChI=1S/C33H43N3O8/c1-32(2,3)43-30(40)34-17-11-10-14-26(29(38)39)35-28(37)18-23-20-36(31(41)44-33(4,5)6)27-16-15-24(19-25(23)27)42-21-22-12-8-7-9-13-22/h7-9,12-13,15-16,19-20,26H,10-11,14,17-18,21H2,1-6H3,(H,34,40)(H,35,37)(H,38,39)/t26-/m0/s1. The summed E-state index contributed by atoms with van der Waals surface area (Å²) in [5, 5.41) is 15.6. The van der Waals surface area contributed by atoms with E-state index in [1.165, 1.54) is 10.8 Å². The second-order valence-corrected chi connectivity index (χ2v) is 12.5. The van der Waals surface area contributed by atoms with Crippen molar-refractivity contribution in [1.29, 1.82) is 0 Å². The minimum atomic E-state index is -1.16. The molecule has 2 amide bonds. The molecule has 0 fully saturated rings. The number of fused-ring (bicyclic) bond motifs is 1. The fraction of sp³-hybridized carbons (Fsp3) is 0.455. The lowest BCUT2D eigenvalue weighted by Gasteiger charge is -2.19. The number of carboxylic acids is 1. The summed E-state index contributed by atoms with van der Waals surface area (Å²) in [6.45, 7) is 11.2. The summed E-state index contributed by atoms with van der Waals surface area (Å²) in [6, 6.07) is 13.8. The molecule has 44 heavy (non-hydrogen) atoms. The summed E-state index contributed by atoms with van der Waals surface area (Å²) in [6.07, 6.45) is 1.36. The molecule has 1 aromatic heterocycles. The molecule has 0 spiro atoms. The van der Waals surface area contributed by atoms with Gasteiger partial charge in [0.25, 0.3) is 0 Å². The van der Waals surface area contributed by atoms with E-state index in [2.05, 4.69) is 10.6 Å². The van der Waals surface area contributed by atoms with Gasteiger partial charge in [0.05, 0.1) is 11.9 Å². The highest BCUT2D eigenvalue weighted by molar-refractivity contribution is 5.96. The van der Waals surface area contributed by atoms with Gasteiger partial charge < -0.3 is 30.0 Å². The van der Waals surface area contributed by atoms with E-state index in [4.69, 9.17) is 14.2 Å². The number of carbonyl (C=O) groups is 4. The maximum atomic E-state index is 13.1. The number of carboxylic acid groups (broad SMARTS) is 1. The lowest BCUT2D eigenvalue weighted by molar-refractivity contribution is -0.142. The van der Waals surface area contributed by atoms with E-state index in [1.807, 2.05) is 30.3 Å². The van der Waals surface area contributed by atoms with Gasteiger partial charge >= 0.3 is 18.2 Å². The number of carbonyl (C=O) groups excluding carboxylic acids is 3. The van der Waals surface area contributed by atoms with Gasteiger partial charge in [0.2, 0.25) is 5.91 Å². The number of alkyl carbamates (subject to hydrolysis) is 1. The van der Waals surface area contributed by atoms with Gasteiger partial charge in [0.1, 0.15) is 29.6 Å². The van der Waals surface area contributed by atoms with Crippen LogP contribution in [0, 0.1) is 0 Å². The average Bonchev–Trinajstić information content (AvgIpc) is 3.27. The topological polar surface area (TPSA) is 145 Å². The normalized spacial score (nSPS) is 12.3. The fourth-order valence-electron chi connectivity index (χ4n) is 4.36. The molecule has 0 radical (unpaired) electrons. The van der Waals surface area contributed by atoms with Crippen LogP contribution in [0.2, 0.25) is 0 Å². The van der Waals surface area contributed by atoms with Crippen molar-refractivity contribution in [3.63, 3.8) is 0 Å². The molecule has 0 bridgehead atoms. The van der Waals surface area contributed by atoms with Crippen molar-refractivity contribution in [3.05, 3.63) is 65.9 Å². The minimum Gasteiger partial charge on any atom is -0.489 e. The molecular weight excluding hydrogens is 566 g/mol. The Morgan fingerprint density at radius 3 is 2.23 bits per heavy atom. The van der Waals surface area contributed by atoms with Crippen LogP contribution in [0.5, 0.6) is 5.75 Å². The number of nitrogens with one attached hydrogen (secondary N) is 2. The van der Waals surface area contributed by atoms with Gasteiger partial charge in [-0.1, -0.05) is 30.3 Å². The molecule has 0 saturated carbocycles. The number of rotatable bonds is 12. The summed E-state index contributed by atoms with van der Waals surface area (Å²) in [5.41, 5.74) is 0.680. The van der Waals surface area contributed by atoms with Crippen LogP contribution in [0.4, 0.5) is 9.59 Å². The van der Waals surface area contributed by atoms with Crippen LogP contribution >= 0.6 is 0 Å². The number of aromatic nitrogens is 1. The number of amides is 2. The summed E-state index contributed by atoms with van der Waals surface area (Å²) in [5.74, 6) is -1.12. The Morgan fingerprint density at radius 2 is 1.59 bits per heavy atom. The Hall–Kier alpha value is -4.54. The van der Waals surface area contributed by atoms with Crippen LogP contribution < -0.4 is 15.4 Å². The largest absolute Gasteiger partial charge is 0.489 e. The number of hydrogen-bond donors (Lipinski definition) is 3. The molecule has 0 aliphatic carbocycles. The number of unbranched alkanes of at least 4 members (excludes halogenated alkanes) is 1. The zero-order valence-electron chi connectivity index (χ0n) is 26.3. The predicted molar refractivity (Wildman–Crippen MR) is 166 cm³/mol. The van der Waals surface area contributed by atoms with Crippen LogP contribution in [0.25, 0.3) is 10.9 Å². The zero-order valence-corrected chi connectivity index (χ0v) is 26.3. The van der Waals surface area contributed by atoms with E-state index in [9.17, 15) is 24.3 Å². The van der Waals surface area contributed by atoms with Gasteiger partial charge in [-0.3, -0.25) is 9.36 Å². The van der Waals surface area contributed by atoms with Crippen LogP contribution in [-0.2, 0) is 32.1 Å². The highest BCUT2D eigenvalue weighted by Gasteiger charge is 2.24. The summed E-state index contributed by atoms with van der Waals surface area (Å²) in [4.78, 5) is 49.8. The third kappa shape index (κ3) is 10.9. The Morgan fingerprint density at radius 1 is 0.909 bits per heavy atom. The third-order valence-electron chi connectivity index (χ3n) is 6.27. The Balaban J connectivity index is 1.70. The molecule has 3 N–H and O–H groups in total. The summed E-state index contributed by atoms with van der Waals surface area (Å²) in [7, 11) is 0. The first kappa shape index (κ1) is 34.0. The number of ether oxygens (including phenoxy) is 3. The smallest absolute Gasteiger partial charge is 0.419 e. The van der Waals surface area contributed by atoms with Crippen LogP contribution in [0.3, 0.4) is 0 Å². The Bertz CT molecular complexity index is 1450. The lowest BCUT2D eigenvalue weighted by atomic mass is 10.1. The van der Waals surface area contributed by atoms with Crippen molar-refractivity contribution in [2.24, 2.45) is 0 Å². The molecular formula is C33H43N3O8. The fourth-order valence-corrected chi connectivity index (χ4v) is 4.36. The number of hydrogen-bond acceptors (Lipinski definition) is 7. The third-order valence-corrected chi connectivity index (χ3v) is 6.27. The molecule has 0 saturated heterocycles.